The summed E-state index contributed by atoms with van der Waals surface area (Å²) in [6.45, 7) is 5.87. The number of benzene rings is 2. The van der Waals surface area contributed by atoms with Crippen LogP contribution in [0.3, 0.4) is 0 Å². The minimum absolute atomic E-state index is 0.144. The Morgan fingerprint density at radius 2 is 2.00 bits per heavy atom. The molecule has 0 aliphatic rings. The number of ether oxygens (including phenoxy) is 1. The summed E-state index contributed by atoms with van der Waals surface area (Å²) in [5, 5.41) is 3.84. The molecule has 0 atom stereocenters. The van der Waals surface area contributed by atoms with E-state index in [0.717, 1.165) is 22.5 Å². The van der Waals surface area contributed by atoms with E-state index in [1.54, 1.807) is 18.3 Å². The third-order valence-electron chi connectivity index (χ3n) is 4.54. The number of fused-ring (bicyclic) bond motifs is 1. The Morgan fingerprint density at radius 1 is 1.20 bits per heavy atom. The highest BCUT2D eigenvalue weighted by Gasteiger charge is 2.07. The van der Waals surface area contributed by atoms with Crippen molar-refractivity contribution in [2.45, 2.75) is 13.5 Å². The molecule has 1 heterocycles. The van der Waals surface area contributed by atoms with E-state index in [2.05, 4.69) is 16.9 Å². The van der Waals surface area contributed by atoms with Crippen LogP contribution in [0.25, 0.3) is 10.9 Å². The highest BCUT2D eigenvalue weighted by Crippen LogP contribution is 2.16. The minimum Gasteiger partial charge on any atom is -0.489 e. The second-order valence-electron chi connectivity index (χ2n) is 6.62. The van der Waals surface area contributed by atoms with Crippen LogP contribution in [0.15, 0.2) is 97.0 Å². The van der Waals surface area contributed by atoms with Gasteiger partial charge < -0.3 is 10.1 Å². The molecule has 3 aromatic rings. The molecular formula is C25H23FN2O2. The first-order valence-electron chi connectivity index (χ1n) is 9.58. The maximum absolute atomic E-state index is 13.3. The summed E-state index contributed by atoms with van der Waals surface area (Å²) in [6, 6.07) is 16.6. The Kier molecular flexibility index (Phi) is 7.11. The van der Waals surface area contributed by atoms with Crippen LogP contribution in [0.1, 0.15) is 22.8 Å². The molecule has 0 fully saturated rings. The lowest BCUT2D eigenvalue weighted by atomic mass is 10.1. The number of allylic oxidation sites excluding steroid dienone is 3. The predicted molar refractivity (Wildman–Crippen MR) is 118 cm³/mol. The maximum atomic E-state index is 13.3. The molecule has 3 rings (SSSR count). The fourth-order valence-corrected chi connectivity index (χ4v) is 2.82. The molecule has 152 valence electrons. The van der Waals surface area contributed by atoms with E-state index in [4.69, 9.17) is 4.74 Å². The molecule has 0 radical (unpaired) electrons. The number of hydrogen-bond acceptors (Lipinski definition) is 3. The number of carbonyl (C=O) groups is 1. The van der Waals surface area contributed by atoms with Gasteiger partial charge in [-0.05, 0) is 66.6 Å². The Morgan fingerprint density at radius 3 is 2.73 bits per heavy atom. The molecule has 0 saturated carbocycles. The normalized spacial score (nSPS) is 11.9. The predicted octanol–water partition coefficient (Wildman–Crippen LogP) is 5.53. The van der Waals surface area contributed by atoms with E-state index < -0.39 is 5.83 Å². The summed E-state index contributed by atoms with van der Waals surface area (Å²) in [5.74, 6) is 0.120. The van der Waals surface area contributed by atoms with Crippen molar-refractivity contribution in [2.75, 3.05) is 6.61 Å². The first kappa shape index (κ1) is 21.0. The number of amides is 1. The second-order valence-corrected chi connectivity index (χ2v) is 6.62. The highest BCUT2D eigenvalue weighted by molar-refractivity contribution is 5.97. The molecule has 1 aromatic heterocycles. The third kappa shape index (κ3) is 5.64. The van der Waals surface area contributed by atoms with Gasteiger partial charge in [0.25, 0.3) is 5.91 Å². The zero-order valence-corrected chi connectivity index (χ0v) is 16.8. The van der Waals surface area contributed by atoms with E-state index in [0.29, 0.717) is 23.4 Å². The monoisotopic (exact) mass is 402 g/mol. The topological polar surface area (TPSA) is 51.2 Å². The van der Waals surface area contributed by atoms with Gasteiger partial charge in [0, 0.05) is 23.7 Å². The van der Waals surface area contributed by atoms with Gasteiger partial charge in [-0.15, -0.1) is 0 Å². The number of rotatable bonds is 8. The molecule has 0 aliphatic carbocycles. The van der Waals surface area contributed by atoms with Crippen LogP contribution in [0.4, 0.5) is 4.39 Å². The fourth-order valence-electron chi connectivity index (χ4n) is 2.82. The number of pyridine rings is 1. The molecule has 1 N–H and O–H groups in total. The van der Waals surface area contributed by atoms with Gasteiger partial charge in [0.2, 0.25) is 0 Å². The summed E-state index contributed by atoms with van der Waals surface area (Å²) in [6.07, 6.45) is 6.06. The fraction of sp³-hybridized carbons (Fsp3) is 0.120. The molecular weight excluding hydrogens is 379 g/mol. The van der Waals surface area contributed by atoms with Gasteiger partial charge in [-0.3, -0.25) is 9.78 Å². The van der Waals surface area contributed by atoms with Gasteiger partial charge >= 0.3 is 0 Å². The third-order valence-corrected chi connectivity index (χ3v) is 4.54. The Labute approximate surface area is 175 Å². The average molecular weight is 402 g/mol. The van der Waals surface area contributed by atoms with E-state index in [1.807, 2.05) is 55.5 Å². The molecule has 0 spiro atoms. The number of nitrogens with zero attached hydrogens (tertiary/aromatic N) is 1. The van der Waals surface area contributed by atoms with Crippen molar-refractivity contribution < 1.29 is 13.9 Å². The molecule has 0 bridgehead atoms. The highest BCUT2D eigenvalue weighted by atomic mass is 19.1. The lowest BCUT2D eigenvalue weighted by Crippen LogP contribution is -2.22. The summed E-state index contributed by atoms with van der Waals surface area (Å²) in [5.41, 5.74) is 3.11. The Hall–Kier alpha value is -3.73. The van der Waals surface area contributed by atoms with Crippen molar-refractivity contribution in [3.05, 3.63) is 108 Å². The average Bonchev–Trinajstić information content (AvgIpc) is 2.80. The SMILES string of the molecule is C=C/C(F)=C\C(=C/C)COc1ccc(CNC(=O)c2ccc3ncccc3c2)cc1. The molecule has 30 heavy (non-hydrogen) atoms. The molecule has 0 saturated heterocycles. The number of nitrogens with one attached hydrogen (secondary N) is 1. The molecule has 5 heteroatoms. The number of carbonyl (C=O) groups excluding carboxylic acids is 1. The van der Waals surface area contributed by atoms with Crippen LogP contribution < -0.4 is 10.1 Å². The molecule has 2 aromatic carbocycles. The lowest BCUT2D eigenvalue weighted by molar-refractivity contribution is 0.0951. The molecule has 0 unspecified atom stereocenters. The summed E-state index contributed by atoms with van der Waals surface area (Å²) in [7, 11) is 0. The Bertz CT molecular complexity index is 1100. The van der Waals surface area contributed by atoms with E-state index >= 15 is 0 Å². The van der Waals surface area contributed by atoms with E-state index in [9.17, 15) is 9.18 Å². The summed E-state index contributed by atoms with van der Waals surface area (Å²) >= 11 is 0. The molecule has 0 aliphatic heterocycles. The zero-order valence-electron chi connectivity index (χ0n) is 16.8. The first-order valence-corrected chi connectivity index (χ1v) is 9.58. The number of halogens is 1. The van der Waals surface area contributed by atoms with Crippen LogP contribution in [0.5, 0.6) is 5.75 Å². The van der Waals surface area contributed by atoms with Crippen molar-refractivity contribution in [2.24, 2.45) is 0 Å². The molecule has 1 amide bonds. The smallest absolute Gasteiger partial charge is 0.251 e. The van der Waals surface area contributed by atoms with Crippen molar-refractivity contribution in [3.8, 4) is 5.75 Å². The van der Waals surface area contributed by atoms with Gasteiger partial charge in [0.05, 0.1) is 5.52 Å². The maximum Gasteiger partial charge on any atom is 0.251 e. The minimum atomic E-state index is -0.402. The number of aromatic nitrogens is 1. The Balaban J connectivity index is 1.55. The van der Waals surface area contributed by atoms with Gasteiger partial charge in [-0.25, -0.2) is 4.39 Å². The van der Waals surface area contributed by atoms with Crippen LogP contribution in [0.2, 0.25) is 0 Å². The largest absolute Gasteiger partial charge is 0.489 e. The van der Waals surface area contributed by atoms with Crippen LogP contribution in [0, 0.1) is 0 Å². The van der Waals surface area contributed by atoms with Gasteiger partial charge in [0.1, 0.15) is 18.2 Å². The lowest BCUT2D eigenvalue weighted by Gasteiger charge is -2.09. The van der Waals surface area contributed by atoms with Crippen molar-refractivity contribution in [1.29, 1.82) is 0 Å². The van der Waals surface area contributed by atoms with Gasteiger partial charge in [-0.1, -0.05) is 30.9 Å². The summed E-state index contributed by atoms with van der Waals surface area (Å²) in [4.78, 5) is 16.7. The number of hydrogen-bond donors (Lipinski definition) is 1. The standard InChI is InChI=1S/C25H23FN2O2/c1-3-18(14-22(26)4-2)17-30-23-10-7-19(8-11-23)16-28-25(29)21-9-12-24-20(15-21)6-5-13-27-24/h3-15H,2,16-17H2,1H3,(H,28,29)/b18-3+,22-14+. The zero-order chi connectivity index (χ0) is 21.3. The quantitative estimate of drug-likeness (QED) is 0.504. The van der Waals surface area contributed by atoms with Crippen molar-refractivity contribution in [3.63, 3.8) is 0 Å². The van der Waals surface area contributed by atoms with Crippen molar-refractivity contribution in [1.82, 2.24) is 10.3 Å². The molecule has 4 nitrogen and oxygen atoms in total. The van der Waals surface area contributed by atoms with Crippen LogP contribution in [-0.2, 0) is 6.54 Å². The first-order chi connectivity index (χ1) is 14.6. The van der Waals surface area contributed by atoms with Crippen molar-refractivity contribution >= 4 is 16.8 Å². The second kappa shape index (κ2) is 10.2. The van der Waals surface area contributed by atoms with E-state index in [1.165, 1.54) is 6.08 Å². The van der Waals surface area contributed by atoms with Crippen LogP contribution >= 0.6 is 0 Å². The van der Waals surface area contributed by atoms with Gasteiger partial charge in [-0.2, -0.15) is 0 Å². The van der Waals surface area contributed by atoms with E-state index in [-0.39, 0.29) is 12.5 Å². The van der Waals surface area contributed by atoms with Crippen LogP contribution in [-0.4, -0.2) is 17.5 Å². The van der Waals surface area contributed by atoms with Gasteiger partial charge in [0.15, 0.2) is 0 Å². The summed E-state index contributed by atoms with van der Waals surface area (Å²) < 4.78 is 19.0.